The van der Waals surface area contributed by atoms with Gasteiger partial charge in [0.2, 0.25) is 0 Å². The molecule has 1 aliphatic rings. The fourth-order valence-electron chi connectivity index (χ4n) is 3.47. The van der Waals surface area contributed by atoms with Gasteiger partial charge in [-0.25, -0.2) is 0 Å². The maximum atomic E-state index is 2.46. The Balaban J connectivity index is -0.0000000930. The van der Waals surface area contributed by atoms with Crippen molar-refractivity contribution >= 4 is 0 Å². The predicted octanol–water partition coefficient (Wildman–Crippen LogP) is 10.1. The molecular formula is C25H60. The molecule has 0 amide bonds. The molecule has 1 rings (SSSR count). The van der Waals surface area contributed by atoms with Gasteiger partial charge in [0.1, 0.15) is 0 Å². The summed E-state index contributed by atoms with van der Waals surface area (Å²) in [5.41, 5.74) is 0. The van der Waals surface area contributed by atoms with E-state index < -0.39 is 0 Å². The van der Waals surface area contributed by atoms with Crippen LogP contribution in [0.2, 0.25) is 0 Å². The molecule has 0 heteroatoms. The maximum Gasteiger partial charge on any atom is -0.0334 e. The van der Waals surface area contributed by atoms with Crippen LogP contribution >= 0.6 is 0 Å². The van der Waals surface area contributed by atoms with Crippen LogP contribution in [-0.4, -0.2) is 0 Å². The second-order valence-electron chi connectivity index (χ2n) is 7.14. The van der Waals surface area contributed by atoms with Crippen LogP contribution in [0.4, 0.5) is 0 Å². The molecule has 160 valence electrons. The van der Waals surface area contributed by atoms with Gasteiger partial charge in [0.25, 0.3) is 0 Å². The molecule has 0 N–H and O–H groups in total. The van der Waals surface area contributed by atoms with Gasteiger partial charge in [0.15, 0.2) is 0 Å². The zero-order chi connectivity index (χ0) is 21.6. The average Bonchev–Trinajstić information content (AvgIpc) is 2.60. The molecule has 0 aromatic heterocycles. The quantitative estimate of drug-likeness (QED) is 0.436. The second kappa shape index (κ2) is 28.8. The molecule has 1 fully saturated rings. The summed E-state index contributed by atoms with van der Waals surface area (Å²) in [7, 11) is 0. The number of rotatable bonds is 1. The van der Waals surface area contributed by atoms with Crippen LogP contribution in [-0.2, 0) is 0 Å². The van der Waals surface area contributed by atoms with Gasteiger partial charge in [0.05, 0.1) is 0 Å². The Morgan fingerprint density at radius 1 is 0.600 bits per heavy atom. The van der Waals surface area contributed by atoms with Crippen molar-refractivity contribution in [2.24, 2.45) is 35.5 Å². The molecule has 4 atom stereocenters. The van der Waals surface area contributed by atoms with Gasteiger partial charge in [0, 0.05) is 0 Å². The van der Waals surface area contributed by atoms with Crippen LogP contribution in [0.3, 0.4) is 0 Å². The molecule has 1 saturated carbocycles. The van der Waals surface area contributed by atoms with Crippen LogP contribution in [0.15, 0.2) is 0 Å². The van der Waals surface area contributed by atoms with Crippen LogP contribution in [0.25, 0.3) is 0 Å². The second-order valence-corrected chi connectivity index (χ2v) is 7.14. The van der Waals surface area contributed by atoms with Gasteiger partial charge >= 0.3 is 0 Å². The summed E-state index contributed by atoms with van der Waals surface area (Å²) in [6.07, 6.45) is 3.94. The molecule has 0 aromatic rings. The van der Waals surface area contributed by atoms with Crippen molar-refractivity contribution < 1.29 is 0 Å². The first-order chi connectivity index (χ1) is 11.8. The van der Waals surface area contributed by atoms with Crippen molar-refractivity contribution in [3.8, 4) is 0 Å². The van der Waals surface area contributed by atoms with Crippen LogP contribution in [0.5, 0.6) is 0 Å². The highest BCUT2D eigenvalue weighted by Crippen LogP contribution is 2.44. The summed E-state index contributed by atoms with van der Waals surface area (Å²) in [5.74, 6) is 5.50. The SMILES string of the molecule is CC.CC.CC.CC(C)C1C(C)C(C)CC(C)C1C.CCC.CCC. The number of hydrogen-bond donors (Lipinski definition) is 0. The summed E-state index contributed by atoms with van der Waals surface area (Å²) < 4.78 is 0. The van der Waals surface area contributed by atoms with E-state index in [1.807, 2.05) is 41.5 Å². The minimum Gasteiger partial charge on any atom is -0.0683 e. The van der Waals surface area contributed by atoms with Crippen LogP contribution in [0, 0.1) is 35.5 Å². The van der Waals surface area contributed by atoms with Gasteiger partial charge in [-0.15, -0.1) is 0 Å². The van der Waals surface area contributed by atoms with E-state index in [4.69, 9.17) is 0 Å². The maximum absolute atomic E-state index is 2.46. The van der Waals surface area contributed by atoms with E-state index >= 15 is 0 Å². The lowest BCUT2D eigenvalue weighted by molar-refractivity contribution is 0.0414. The monoisotopic (exact) mass is 360 g/mol. The lowest BCUT2D eigenvalue weighted by Crippen LogP contribution is -2.38. The fraction of sp³-hybridized carbons (Fsp3) is 1.00. The van der Waals surface area contributed by atoms with Gasteiger partial charge in [-0.05, 0) is 41.9 Å². The third kappa shape index (κ3) is 20.2. The van der Waals surface area contributed by atoms with Gasteiger partial charge in [-0.2, -0.15) is 0 Å². The first kappa shape index (κ1) is 36.0. The Morgan fingerprint density at radius 3 is 0.960 bits per heavy atom. The van der Waals surface area contributed by atoms with Gasteiger partial charge in [-0.3, -0.25) is 0 Å². The Hall–Kier alpha value is 0. The van der Waals surface area contributed by atoms with Crippen molar-refractivity contribution in [1.82, 2.24) is 0 Å². The van der Waals surface area contributed by atoms with E-state index in [0.717, 1.165) is 35.5 Å². The summed E-state index contributed by atoms with van der Waals surface area (Å²) >= 11 is 0. The average molecular weight is 361 g/mol. The first-order valence-corrected chi connectivity index (χ1v) is 11.8. The van der Waals surface area contributed by atoms with Gasteiger partial charge in [-0.1, -0.05) is 124 Å². The van der Waals surface area contributed by atoms with E-state index in [9.17, 15) is 0 Å². The van der Waals surface area contributed by atoms with Crippen molar-refractivity contribution in [3.05, 3.63) is 0 Å². The normalized spacial score (nSPS) is 26.5. The largest absolute Gasteiger partial charge is 0.0683 e. The van der Waals surface area contributed by atoms with Crippen molar-refractivity contribution in [2.45, 2.75) is 130 Å². The molecule has 0 radical (unpaired) electrons. The minimum atomic E-state index is 0.857. The third-order valence-corrected chi connectivity index (χ3v) is 4.52. The Labute approximate surface area is 166 Å². The molecule has 0 spiro atoms. The molecule has 25 heavy (non-hydrogen) atoms. The third-order valence-electron chi connectivity index (χ3n) is 4.52. The summed E-state index contributed by atoms with van der Waals surface area (Å²) in [6, 6.07) is 0. The predicted molar refractivity (Wildman–Crippen MR) is 126 cm³/mol. The van der Waals surface area contributed by atoms with Gasteiger partial charge < -0.3 is 0 Å². The topological polar surface area (TPSA) is 0 Å². The van der Waals surface area contributed by atoms with E-state index in [2.05, 4.69) is 69.2 Å². The van der Waals surface area contributed by atoms with E-state index in [-0.39, 0.29) is 0 Å². The zero-order valence-electron chi connectivity index (χ0n) is 21.6. The summed E-state index contributed by atoms with van der Waals surface area (Å²) in [4.78, 5) is 0. The summed E-state index contributed by atoms with van der Waals surface area (Å²) in [6.45, 7) is 35.1. The molecule has 0 saturated heterocycles. The smallest absolute Gasteiger partial charge is 0.0334 e. The highest BCUT2D eigenvalue weighted by atomic mass is 14.4. The van der Waals surface area contributed by atoms with Crippen molar-refractivity contribution in [1.29, 1.82) is 0 Å². The molecule has 4 unspecified atom stereocenters. The molecule has 0 aromatic carbocycles. The Bertz CT molecular complexity index is 166. The highest BCUT2D eigenvalue weighted by Gasteiger charge is 2.37. The lowest BCUT2D eigenvalue weighted by atomic mass is 9.61. The lowest BCUT2D eigenvalue weighted by Gasteiger charge is -2.45. The van der Waals surface area contributed by atoms with Crippen molar-refractivity contribution in [2.75, 3.05) is 0 Å². The van der Waals surface area contributed by atoms with E-state index in [1.54, 1.807) is 0 Å². The molecular weight excluding hydrogens is 300 g/mol. The number of hydrogen-bond acceptors (Lipinski definition) is 0. The molecule has 0 heterocycles. The summed E-state index contributed by atoms with van der Waals surface area (Å²) in [5, 5.41) is 0. The molecule has 0 aliphatic heterocycles. The molecule has 0 bridgehead atoms. The van der Waals surface area contributed by atoms with Crippen LogP contribution in [0.1, 0.15) is 130 Å². The zero-order valence-corrected chi connectivity index (χ0v) is 21.6. The van der Waals surface area contributed by atoms with Crippen LogP contribution < -0.4 is 0 Å². The standard InChI is InChI=1S/C13H26.2C3H8.3C2H6/c1-8(2)13-11(5)9(3)7-10(4)12(13)6;2*1-3-2;3*1-2/h8-13H,7H2,1-6H3;2*3H2,1-2H3;3*1-2H3. The van der Waals surface area contributed by atoms with E-state index in [0.29, 0.717) is 0 Å². The minimum absolute atomic E-state index is 0.857. The highest BCUT2D eigenvalue weighted by molar-refractivity contribution is 4.86. The molecule has 0 nitrogen and oxygen atoms in total. The fourth-order valence-corrected chi connectivity index (χ4v) is 3.47. The van der Waals surface area contributed by atoms with E-state index in [1.165, 1.54) is 19.3 Å². The Kier molecular flexibility index (Phi) is 41.5. The van der Waals surface area contributed by atoms with Crippen molar-refractivity contribution in [3.63, 3.8) is 0 Å². The first-order valence-electron chi connectivity index (χ1n) is 11.8. The Morgan fingerprint density at radius 2 is 0.800 bits per heavy atom. The molecule has 1 aliphatic carbocycles.